The van der Waals surface area contributed by atoms with Gasteiger partial charge in [-0.25, -0.2) is 4.79 Å². The summed E-state index contributed by atoms with van der Waals surface area (Å²) in [4.78, 5) is 9.88. The second-order valence-electron chi connectivity index (χ2n) is 4.22. The van der Waals surface area contributed by atoms with Crippen LogP contribution < -0.4 is 0 Å². The van der Waals surface area contributed by atoms with Crippen LogP contribution in [0.15, 0.2) is 0 Å². The molecule has 0 amide bonds. The SMILES string of the molecule is O=C(O)C(F)(F)C(F)(F)OC(F)(C(F)(F)F)C(F)(F)OC(F)(Cl)C(F)(F)Cl. The average molecular weight is 479 g/mol. The van der Waals surface area contributed by atoms with Gasteiger partial charge in [0, 0.05) is 0 Å². The average Bonchev–Trinajstić information content (AvgIpc) is 2.33. The third-order valence-corrected chi connectivity index (χ3v) is 2.88. The molecule has 19 heteroatoms. The Bertz CT molecular complexity index is 572. The van der Waals surface area contributed by atoms with E-state index in [1.54, 1.807) is 4.74 Å². The molecule has 0 aliphatic carbocycles. The molecule has 0 radical (unpaired) electrons. The first-order chi connectivity index (χ1) is 11.4. The standard InChI is InChI=1S/C8HCl2F13O4/c9-4(14,15)5(10,16)27-8(22,23)3(13,6(17,18)19)26-7(20,21)2(11,12)1(24)25/h(H,24,25). The highest BCUT2D eigenvalue weighted by atomic mass is 35.5. The summed E-state index contributed by atoms with van der Waals surface area (Å²) in [6, 6.07) is 0. The summed E-state index contributed by atoms with van der Waals surface area (Å²) in [5.74, 6) is -18.3. The summed E-state index contributed by atoms with van der Waals surface area (Å²) in [6.07, 6.45) is -22.1. The predicted octanol–water partition coefficient (Wildman–Crippen LogP) is 4.85. The number of carboxylic acids is 1. The van der Waals surface area contributed by atoms with Crippen LogP contribution in [-0.2, 0) is 14.3 Å². The van der Waals surface area contributed by atoms with E-state index in [1.807, 2.05) is 4.74 Å². The van der Waals surface area contributed by atoms with Gasteiger partial charge in [0.25, 0.3) is 0 Å². The minimum absolute atomic E-state index is 1.60. The van der Waals surface area contributed by atoms with Crippen molar-refractivity contribution in [1.82, 2.24) is 0 Å². The molecule has 2 unspecified atom stereocenters. The summed E-state index contributed by atoms with van der Waals surface area (Å²) in [6.45, 7) is 0. The normalized spacial score (nSPS) is 19.4. The van der Waals surface area contributed by atoms with Crippen LogP contribution >= 0.6 is 23.2 Å². The lowest BCUT2D eigenvalue weighted by Gasteiger charge is -2.38. The van der Waals surface area contributed by atoms with Crippen LogP contribution in [-0.4, -0.2) is 51.9 Å². The summed E-state index contributed by atoms with van der Waals surface area (Å²) in [5, 5.41) is -4.03. The Balaban J connectivity index is 6.31. The number of carbonyl (C=O) groups is 1. The number of hydrogen-bond donors (Lipinski definition) is 1. The van der Waals surface area contributed by atoms with E-state index in [9.17, 15) is 61.9 Å². The van der Waals surface area contributed by atoms with Gasteiger partial charge in [0.2, 0.25) is 0 Å². The van der Waals surface area contributed by atoms with Crippen LogP contribution in [0.4, 0.5) is 57.1 Å². The first-order valence-corrected chi connectivity index (χ1v) is 6.08. The molecule has 0 aliphatic rings. The molecule has 0 spiro atoms. The zero-order chi connectivity index (χ0) is 22.5. The Hall–Kier alpha value is -0.940. The molecule has 0 fully saturated rings. The number of alkyl halides is 15. The van der Waals surface area contributed by atoms with Crippen molar-refractivity contribution in [3.8, 4) is 0 Å². The quantitative estimate of drug-likeness (QED) is 0.400. The van der Waals surface area contributed by atoms with Gasteiger partial charge in [0.05, 0.1) is 0 Å². The lowest BCUT2D eigenvalue weighted by molar-refractivity contribution is -0.528. The smallest absolute Gasteiger partial charge is 0.458 e. The van der Waals surface area contributed by atoms with E-state index >= 15 is 0 Å². The van der Waals surface area contributed by atoms with Gasteiger partial charge < -0.3 is 5.11 Å². The molecule has 0 aromatic heterocycles. The first-order valence-electron chi connectivity index (χ1n) is 5.33. The number of hydrogen-bond acceptors (Lipinski definition) is 3. The summed E-state index contributed by atoms with van der Waals surface area (Å²) in [7, 11) is 0. The zero-order valence-corrected chi connectivity index (χ0v) is 12.9. The van der Waals surface area contributed by atoms with Crippen molar-refractivity contribution >= 4 is 29.2 Å². The van der Waals surface area contributed by atoms with Crippen molar-refractivity contribution in [2.24, 2.45) is 0 Å². The summed E-state index contributed by atoms with van der Waals surface area (Å²) < 4.78 is 170. The first kappa shape index (κ1) is 26.1. The third kappa shape index (κ3) is 4.73. The van der Waals surface area contributed by atoms with Gasteiger partial charge in [0.15, 0.2) is 0 Å². The minimum atomic E-state index is -7.54. The molecule has 2 atom stereocenters. The molecule has 0 saturated carbocycles. The van der Waals surface area contributed by atoms with E-state index in [1.165, 1.54) is 0 Å². The molecule has 27 heavy (non-hydrogen) atoms. The molecular weight excluding hydrogens is 478 g/mol. The van der Waals surface area contributed by atoms with Crippen molar-refractivity contribution in [1.29, 1.82) is 0 Å². The van der Waals surface area contributed by atoms with Crippen LogP contribution in [0.2, 0.25) is 0 Å². The van der Waals surface area contributed by atoms with Gasteiger partial charge in [-0.15, -0.1) is 0 Å². The number of aliphatic carboxylic acids is 1. The van der Waals surface area contributed by atoms with Gasteiger partial charge >= 0.3 is 46.8 Å². The van der Waals surface area contributed by atoms with E-state index in [4.69, 9.17) is 5.11 Å². The molecule has 162 valence electrons. The molecular formula is C8HCl2F13O4. The molecule has 4 nitrogen and oxygen atoms in total. The molecule has 1 N–H and O–H groups in total. The molecule has 0 bridgehead atoms. The maximum atomic E-state index is 13.5. The Morgan fingerprint density at radius 1 is 0.704 bits per heavy atom. The largest absolute Gasteiger partial charge is 0.477 e. The van der Waals surface area contributed by atoms with E-state index in [0.717, 1.165) is 0 Å². The minimum Gasteiger partial charge on any atom is -0.477 e. The van der Waals surface area contributed by atoms with Crippen LogP contribution in [0.1, 0.15) is 0 Å². The van der Waals surface area contributed by atoms with Gasteiger partial charge in [-0.2, -0.15) is 57.1 Å². The Kier molecular flexibility index (Phi) is 6.60. The zero-order valence-electron chi connectivity index (χ0n) is 11.3. The Morgan fingerprint density at radius 2 is 1.07 bits per heavy atom. The third-order valence-electron chi connectivity index (χ3n) is 2.23. The van der Waals surface area contributed by atoms with Crippen LogP contribution in [0.3, 0.4) is 0 Å². The lowest BCUT2D eigenvalue weighted by atomic mass is 10.2. The number of halogens is 15. The highest BCUT2D eigenvalue weighted by Gasteiger charge is 2.82. The monoisotopic (exact) mass is 478 g/mol. The van der Waals surface area contributed by atoms with Crippen molar-refractivity contribution in [2.75, 3.05) is 0 Å². The Morgan fingerprint density at radius 3 is 1.33 bits per heavy atom. The fourth-order valence-electron chi connectivity index (χ4n) is 0.932. The molecule has 0 aromatic carbocycles. The number of ether oxygens (including phenoxy) is 2. The number of rotatable bonds is 8. The van der Waals surface area contributed by atoms with Gasteiger partial charge in [0.1, 0.15) is 0 Å². The topological polar surface area (TPSA) is 55.8 Å². The van der Waals surface area contributed by atoms with Crippen molar-refractivity contribution < 1.29 is 76.5 Å². The van der Waals surface area contributed by atoms with Gasteiger partial charge in [-0.3, -0.25) is 9.47 Å². The predicted molar refractivity (Wildman–Crippen MR) is 55.0 cm³/mol. The Labute approximate surface area is 147 Å². The van der Waals surface area contributed by atoms with E-state index in [2.05, 4.69) is 23.2 Å². The van der Waals surface area contributed by atoms with E-state index in [0.29, 0.717) is 0 Å². The van der Waals surface area contributed by atoms with Crippen LogP contribution in [0, 0.1) is 0 Å². The van der Waals surface area contributed by atoms with Gasteiger partial charge in [-0.05, 0) is 23.2 Å². The highest BCUT2D eigenvalue weighted by Crippen LogP contribution is 2.55. The molecule has 0 heterocycles. The second kappa shape index (κ2) is 6.84. The molecule has 0 saturated heterocycles. The van der Waals surface area contributed by atoms with E-state index in [-0.39, 0.29) is 0 Å². The molecule has 0 aliphatic heterocycles. The van der Waals surface area contributed by atoms with Crippen molar-refractivity contribution in [2.45, 2.75) is 40.9 Å². The fourth-order valence-corrected chi connectivity index (χ4v) is 1.07. The number of carboxylic acid groups (broad SMARTS) is 1. The molecule has 0 aromatic rings. The maximum absolute atomic E-state index is 13.5. The second-order valence-corrected chi connectivity index (χ2v) is 5.19. The molecule has 0 rings (SSSR count). The van der Waals surface area contributed by atoms with Crippen LogP contribution in [0.5, 0.6) is 0 Å². The fraction of sp³-hybridized carbons (Fsp3) is 0.875. The van der Waals surface area contributed by atoms with Crippen molar-refractivity contribution in [3.63, 3.8) is 0 Å². The van der Waals surface area contributed by atoms with Gasteiger partial charge in [-0.1, -0.05) is 0 Å². The van der Waals surface area contributed by atoms with Crippen molar-refractivity contribution in [3.05, 3.63) is 0 Å². The summed E-state index contributed by atoms with van der Waals surface area (Å²) in [5.41, 5.74) is 0. The van der Waals surface area contributed by atoms with E-state index < -0.39 is 46.8 Å². The lowest BCUT2D eigenvalue weighted by Crippen LogP contribution is -2.66. The highest BCUT2D eigenvalue weighted by molar-refractivity contribution is 6.31. The summed E-state index contributed by atoms with van der Waals surface area (Å²) >= 11 is 7.65. The van der Waals surface area contributed by atoms with Crippen LogP contribution in [0.25, 0.3) is 0 Å². The maximum Gasteiger partial charge on any atom is 0.458 e.